The number of nitrogens with one attached hydrogen (secondary N) is 1. The summed E-state index contributed by atoms with van der Waals surface area (Å²) in [6.07, 6.45) is 1.04. The smallest absolute Gasteiger partial charge is 0.255 e. The Morgan fingerprint density at radius 3 is 2.49 bits per heavy atom. The predicted octanol–water partition coefficient (Wildman–Crippen LogP) is 0.368. The summed E-state index contributed by atoms with van der Waals surface area (Å²) in [4.78, 5) is 40.3. The molecule has 1 fully saturated rings. The van der Waals surface area contributed by atoms with Gasteiger partial charge in [0.15, 0.2) is 11.4 Å². The number of ketones is 2. The molecule has 0 spiro atoms. The van der Waals surface area contributed by atoms with E-state index in [1.54, 1.807) is 20.2 Å². The zero-order valence-corrected chi connectivity index (χ0v) is 19.8. The zero-order chi connectivity index (χ0) is 26.0. The first kappa shape index (κ1) is 24.6. The van der Waals surface area contributed by atoms with Crippen molar-refractivity contribution in [2.75, 3.05) is 31.7 Å². The molecular formula is C24H30N4O7. The van der Waals surface area contributed by atoms with E-state index >= 15 is 0 Å². The van der Waals surface area contributed by atoms with Gasteiger partial charge in [0.25, 0.3) is 5.91 Å². The fourth-order valence-corrected chi connectivity index (χ4v) is 5.75. The van der Waals surface area contributed by atoms with Crippen LogP contribution in [0.5, 0.6) is 5.75 Å². The number of Topliss-reactive ketones (excluding diaryl/α,β-unsaturated/α-hetero) is 2. The second-order valence-electron chi connectivity index (χ2n) is 9.60. The van der Waals surface area contributed by atoms with Gasteiger partial charge in [-0.15, -0.1) is 0 Å². The van der Waals surface area contributed by atoms with Crippen molar-refractivity contribution >= 4 is 34.6 Å². The lowest BCUT2D eigenvalue weighted by molar-refractivity contribution is -0.153. The number of anilines is 2. The number of nitrogens with two attached hydrogens (primary N) is 2. The van der Waals surface area contributed by atoms with Crippen LogP contribution in [0.4, 0.5) is 11.4 Å². The van der Waals surface area contributed by atoms with Crippen molar-refractivity contribution in [3.63, 3.8) is 0 Å². The number of carbonyl (C=O) groups is 3. The number of nitrogen functional groups attached to an aromatic ring is 1. The Kier molecular flexibility index (Phi) is 5.81. The molecule has 3 aliphatic carbocycles. The third kappa shape index (κ3) is 3.29. The number of benzene rings is 1. The van der Waals surface area contributed by atoms with Crippen LogP contribution in [0, 0.1) is 11.8 Å². The Hall–Kier alpha value is -3.57. The number of phenols is 1. The lowest BCUT2D eigenvalue weighted by Gasteiger charge is -2.50. The van der Waals surface area contributed by atoms with Crippen LogP contribution in [-0.2, 0) is 20.8 Å². The average molecular weight is 487 g/mol. The van der Waals surface area contributed by atoms with Crippen LogP contribution in [0.1, 0.15) is 30.9 Å². The third-order valence-corrected chi connectivity index (χ3v) is 7.32. The summed E-state index contributed by atoms with van der Waals surface area (Å²) in [6, 6.07) is 0.439. The summed E-state index contributed by atoms with van der Waals surface area (Å²) in [5.74, 6) is -6.95. The Morgan fingerprint density at radius 1 is 1.26 bits per heavy atom. The standard InChI is InChI=1S/C24H30N4O7/c1-4-5-27-13-8-12(25)18(29)15-10(13)6-9-7-11-17(28(2)3)20(31)16(23(26)34)22(33)24(11,35)21(32)14(9)19(15)30/h8-9,11,17,27,29-30,33,35H,4-7,25H2,1-3H3,(H2,26,34)/t9?,11?,17-,24-/m0/s1. The molecule has 1 aromatic rings. The largest absolute Gasteiger partial charge is 0.508 e. The fourth-order valence-electron chi connectivity index (χ4n) is 5.75. The minimum atomic E-state index is -2.66. The van der Waals surface area contributed by atoms with Crippen molar-refractivity contribution in [3.8, 4) is 5.75 Å². The topological polar surface area (TPSA) is 199 Å². The first-order valence-corrected chi connectivity index (χ1v) is 11.4. The summed E-state index contributed by atoms with van der Waals surface area (Å²) >= 11 is 0. The molecule has 0 aromatic heterocycles. The van der Waals surface area contributed by atoms with Gasteiger partial charge < -0.3 is 37.2 Å². The van der Waals surface area contributed by atoms with Crippen LogP contribution < -0.4 is 16.8 Å². The molecule has 3 aliphatic rings. The molecule has 4 rings (SSSR count). The lowest BCUT2D eigenvalue weighted by atomic mass is 9.57. The Morgan fingerprint density at radius 2 is 1.91 bits per heavy atom. The fraction of sp³-hybridized carbons (Fsp3) is 0.458. The molecule has 1 aromatic carbocycles. The number of hydrogen-bond donors (Lipinski definition) is 7. The third-order valence-electron chi connectivity index (χ3n) is 7.32. The van der Waals surface area contributed by atoms with E-state index in [2.05, 4.69) is 5.32 Å². The second-order valence-corrected chi connectivity index (χ2v) is 9.60. The molecular weight excluding hydrogens is 456 g/mol. The van der Waals surface area contributed by atoms with Crippen molar-refractivity contribution in [1.29, 1.82) is 0 Å². The zero-order valence-electron chi connectivity index (χ0n) is 19.8. The normalized spacial score (nSPS) is 28.1. The quantitative estimate of drug-likeness (QED) is 0.132. The molecule has 2 unspecified atom stereocenters. The number of amides is 1. The number of carbonyl (C=O) groups excluding carboxylic acids is 3. The van der Waals surface area contributed by atoms with E-state index in [-0.39, 0.29) is 29.7 Å². The first-order chi connectivity index (χ1) is 16.4. The minimum Gasteiger partial charge on any atom is -0.508 e. The number of likely N-dealkylation sites (N-methyl/N-ethyl adjacent to an activating group) is 1. The van der Waals surface area contributed by atoms with E-state index in [9.17, 15) is 34.8 Å². The van der Waals surface area contributed by atoms with E-state index in [0.29, 0.717) is 17.8 Å². The predicted molar refractivity (Wildman–Crippen MR) is 127 cm³/mol. The molecule has 0 heterocycles. The SMILES string of the molecule is CCCNc1cc(N)c(O)c2c1CC1CC3[C@H](N(C)C)C(=O)C(C(N)=O)=C(O)[C@@]3(O)C(=O)C1=C2O. The van der Waals surface area contributed by atoms with Crippen LogP contribution in [0.15, 0.2) is 23.0 Å². The molecule has 0 radical (unpaired) electrons. The summed E-state index contributed by atoms with van der Waals surface area (Å²) < 4.78 is 0. The maximum atomic E-state index is 13.8. The summed E-state index contributed by atoms with van der Waals surface area (Å²) in [6.45, 7) is 2.58. The van der Waals surface area contributed by atoms with Gasteiger partial charge in [-0.3, -0.25) is 19.3 Å². The minimum absolute atomic E-state index is 0.0116. The van der Waals surface area contributed by atoms with E-state index < -0.39 is 63.8 Å². The Bertz CT molecular complexity index is 1220. The highest BCUT2D eigenvalue weighted by Crippen LogP contribution is 2.54. The Labute approximate surface area is 201 Å². The number of primary amides is 1. The van der Waals surface area contributed by atoms with Gasteiger partial charge in [0, 0.05) is 23.7 Å². The van der Waals surface area contributed by atoms with Crippen LogP contribution in [-0.4, -0.2) is 75.1 Å². The summed E-state index contributed by atoms with van der Waals surface area (Å²) in [7, 11) is 3.11. The van der Waals surface area contributed by atoms with Gasteiger partial charge in [0.1, 0.15) is 22.8 Å². The number of nitrogens with zero attached hydrogens (tertiary/aromatic N) is 1. The molecule has 1 amide bonds. The number of fused-ring (bicyclic) bond motifs is 3. The number of aliphatic hydroxyl groups excluding tert-OH is 2. The van der Waals surface area contributed by atoms with E-state index in [0.717, 1.165) is 6.42 Å². The molecule has 9 N–H and O–H groups in total. The van der Waals surface area contributed by atoms with Gasteiger partial charge in [-0.05, 0) is 50.9 Å². The monoisotopic (exact) mass is 486 g/mol. The van der Waals surface area contributed by atoms with Gasteiger partial charge in [0.05, 0.1) is 17.3 Å². The lowest BCUT2D eigenvalue weighted by Crippen LogP contribution is -2.65. The highest BCUT2D eigenvalue weighted by Gasteiger charge is 2.64. The molecule has 188 valence electrons. The number of hydrogen-bond acceptors (Lipinski definition) is 10. The molecule has 0 aliphatic heterocycles. The second kappa shape index (κ2) is 8.28. The molecule has 11 nitrogen and oxygen atoms in total. The first-order valence-electron chi connectivity index (χ1n) is 11.4. The summed E-state index contributed by atoms with van der Waals surface area (Å²) in [5, 5.41) is 47.5. The maximum Gasteiger partial charge on any atom is 0.255 e. The van der Waals surface area contributed by atoms with Crippen LogP contribution in [0.25, 0.3) is 5.76 Å². The highest BCUT2D eigenvalue weighted by molar-refractivity contribution is 6.24. The van der Waals surface area contributed by atoms with E-state index in [4.69, 9.17) is 11.5 Å². The van der Waals surface area contributed by atoms with Crippen LogP contribution in [0.2, 0.25) is 0 Å². The number of phenolic OH excluding ortho intramolecular Hbond substituents is 1. The average Bonchev–Trinajstić information content (AvgIpc) is 2.77. The molecule has 4 atom stereocenters. The Balaban J connectivity index is 1.97. The van der Waals surface area contributed by atoms with Gasteiger partial charge in [-0.1, -0.05) is 6.92 Å². The van der Waals surface area contributed by atoms with Crippen molar-refractivity contribution in [1.82, 2.24) is 4.90 Å². The van der Waals surface area contributed by atoms with Crippen LogP contribution in [0.3, 0.4) is 0 Å². The van der Waals surface area contributed by atoms with Crippen LogP contribution >= 0.6 is 0 Å². The van der Waals surface area contributed by atoms with Crippen molar-refractivity contribution in [3.05, 3.63) is 34.1 Å². The highest BCUT2D eigenvalue weighted by atomic mass is 16.3. The number of aromatic hydroxyl groups is 1. The van der Waals surface area contributed by atoms with Crippen molar-refractivity contribution in [2.45, 2.75) is 37.8 Å². The molecule has 0 saturated heterocycles. The van der Waals surface area contributed by atoms with Gasteiger partial charge in [-0.2, -0.15) is 0 Å². The van der Waals surface area contributed by atoms with Gasteiger partial charge >= 0.3 is 0 Å². The van der Waals surface area contributed by atoms with Gasteiger partial charge in [-0.25, -0.2) is 0 Å². The molecule has 0 bridgehead atoms. The summed E-state index contributed by atoms with van der Waals surface area (Å²) in [5.41, 5.74) is 8.67. The van der Waals surface area contributed by atoms with Crippen molar-refractivity contribution in [2.24, 2.45) is 17.6 Å². The molecule has 11 heteroatoms. The van der Waals surface area contributed by atoms with E-state index in [1.165, 1.54) is 4.90 Å². The van der Waals surface area contributed by atoms with E-state index in [1.807, 2.05) is 6.92 Å². The van der Waals surface area contributed by atoms with Gasteiger partial charge in [0.2, 0.25) is 5.78 Å². The maximum absolute atomic E-state index is 13.8. The number of aliphatic hydroxyl groups is 3. The molecule has 35 heavy (non-hydrogen) atoms. The number of rotatable bonds is 5. The van der Waals surface area contributed by atoms with Crippen molar-refractivity contribution < 1.29 is 34.8 Å². The molecule has 1 saturated carbocycles.